The predicted octanol–water partition coefficient (Wildman–Crippen LogP) is 4.22. The van der Waals surface area contributed by atoms with Crippen LogP contribution in [0.3, 0.4) is 0 Å². The SMILES string of the molecule is CC(Oc1ccc(C(=O)N2CCCC(c3ccnc(N)n3)C2)cc1)c1ccccc1. The largest absolute Gasteiger partial charge is 0.486 e. The van der Waals surface area contributed by atoms with Gasteiger partial charge in [-0.2, -0.15) is 0 Å². The molecule has 0 saturated carbocycles. The second-order valence-electron chi connectivity index (χ2n) is 7.63. The molecule has 1 aromatic heterocycles. The van der Waals surface area contributed by atoms with Crippen LogP contribution in [0.2, 0.25) is 0 Å². The number of amides is 1. The molecule has 1 aliphatic rings. The van der Waals surface area contributed by atoms with Gasteiger partial charge in [0.1, 0.15) is 11.9 Å². The zero-order chi connectivity index (χ0) is 20.9. The molecular weight excluding hydrogens is 376 g/mol. The summed E-state index contributed by atoms with van der Waals surface area (Å²) in [5.41, 5.74) is 8.40. The Morgan fingerprint density at radius 1 is 1.13 bits per heavy atom. The smallest absolute Gasteiger partial charge is 0.253 e. The fraction of sp³-hybridized carbons (Fsp3) is 0.292. The summed E-state index contributed by atoms with van der Waals surface area (Å²) >= 11 is 0. The first kappa shape index (κ1) is 19.9. The Bertz CT molecular complexity index is 992. The number of anilines is 1. The highest BCUT2D eigenvalue weighted by molar-refractivity contribution is 5.94. The number of nitrogens with two attached hydrogens (primary N) is 1. The molecule has 6 nitrogen and oxygen atoms in total. The number of likely N-dealkylation sites (tertiary alicyclic amines) is 1. The third-order valence-corrected chi connectivity index (χ3v) is 5.51. The Kier molecular flexibility index (Phi) is 5.93. The number of piperidine rings is 1. The van der Waals surface area contributed by atoms with Crippen molar-refractivity contribution < 1.29 is 9.53 Å². The van der Waals surface area contributed by atoms with Gasteiger partial charge in [-0.1, -0.05) is 30.3 Å². The van der Waals surface area contributed by atoms with E-state index in [1.165, 1.54) is 0 Å². The van der Waals surface area contributed by atoms with Crippen molar-refractivity contribution in [2.75, 3.05) is 18.8 Å². The molecule has 3 aromatic rings. The van der Waals surface area contributed by atoms with Crippen LogP contribution >= 0.6 is 0 Å². The second kappa shape index (κ2) is 8.95. The zero-order valence-corrected chi connectivity index (χ0v) is 17.1. The lowest BCUT2D eigenvalue weighted by atomic mass is 9.94. The van der Waals surface area contributed by atoms with Crippen molar-refractivity contribution in [3.8, 4) is 5.75 Å². The minimum atomic E-state index is -0.0593. The first-order chi connectivity index (χ1) is 14.6. The summed E-state index contributed by atoms with van der Waals surface area (Å²) in [6.45, 7) is 3.40. The van der Waals surface area contributed by atoms with Gasteiger partial charge >= 0.3 is 0 Å². The molecule has 0 aliphatic carbocycles. The van der Waals surface area contributed by atoms with Crippen LogP contribution in [0.1, 0.15) is 53.4 Å². The summed E-state index contributed by atoms with van der Waals surface area (Å²) in [5, 5.41) is 0. The van der Waals surface area contributed by atoms with Gasteiger partial charge in [0.05, 0.1) is 5.69 Å². The topological polar surface area (TPSA) is 81.3 Å². The molecule has 154 valence electrons. The lowest BCUT2D eigenvalue weighted by Gasteiger charge is -2.32. The van der Waals surface area contributed by atoms with E-state index in [9.17, 15) is 4.79 Å². The Morgan fingerprint density at radius 2 is 1.90 bits per heavy atom. The number of ether oxygens (including phenoxy) is 1. The first-order valence-electron chi connectivity index (χ1n) is 10.3. The van der Waals surface area contributed by atoms with Crippen molar-refractivity contribution in [3.63, 3.8) is 0 Å². The Labute approximate surface area is 176 Å². The van der Waals surface area contributed by atoms with Crippen LogP contribution in [0.25, 0.3) is 0 Å². The summed E-state index contributed by atoms with van der Waals surface area (Å²) in [4.78, 5) is 23.2. The molecule has 6 heteroatoms. The molecule has 4 rings (SSSR count). The second-order valence-corrected chi connectivity index (χ2v) is 7.63. The molecular formula is C24H26N4O2. The maximum Gasteiger partial charge on any atom is 0.253 e. The highest BCUT2D eigenvalue weighted by Gasteiger charge is 2.26. The van der Waals surface area contributed by atoms with Gasteiger partial charge < -0.3 is 15.4 Å². The van der Waals surface area contributed by atoms with E-state index in [0.29, 0.717) is 12.1 Å². The highest BCUT2D eigenvalue weighted by Crippen LogP contribution is 2.27. The molecule has 30 heavy (non-hydrogen) atoms. The maximum atomic E-state index is 13.0. The van der Waals surface area contributed by atoms with Crippen LogP contribution in [0.4, 0.5) is 5.95 Å². The van der Waals surface area contributed by atoms with Crippen molar-refractivity contribution in [1.29, 1.82) is 0 Å². The monoisotopic (exact) mass is 402 g/mol. The van der Waals surface area contributed by atoms with Gasteiger partial charge in [-0.15, -0.1) is 0 Å². The van der Waals surface area contributed by atoms with E-state index in [-0.39, 0.29) is 23.9 Å². The summed E-state index contributed by atoms with van der Waals surface area (Å²) in [6, 6.07) is 19.3. The summed E-state index contributed by atoms with van der Waals surface area (Å²) in [7, 11) is 0. The van der Waals surface area contributed by atoms with E-state index in [0.717, 1.165) is 36.4 Å². The number of hydrogen-bond acceptors (Lipinski definition) is 5. The minimum absolute atomic E-state index is 0.0318. The molecule has 0 radical (unpaired) electrons. The van der Waals surface area contributed by atoms with Gasteiger partial charge in [0.2, 0.25) is 5.95 Å². The number of carbonyl (C=O) groups is 1. The van der Waals surface area contributed by atoms with Crippen molar-refractivity contribution >= 4 is 11.9 Å². The van der Waals surface area contributed by atoms with E-state index in [1.54, 1.807) is 6.20 Å². The lowest BCUT2D eigenvalue weighted by Crippen LogP contribution is -2.39. The number of carbonyl (C=O) groups excluding carboxylic acids is 1. The third-order valence-electron chi connectivity index (χ3n) is 5.51. The lowest BCUT2D eigenvalue weighted by molar-refractivity contribution is 0.0706. The number of nitrogen functional groups attached to an aromatic ring is 1. The van der Waals surface area contributed by atoms with E-state index in [1.807, 2.05) is 72.5 Å². The van der Waals surface area contributed by atoms with Crippen LogP contribution in [-0.4, -0.2) is 33.9 Å². The van der Waals surface area contributed by atoms with Crippen molar-refractivity contribution in [1.82, 2.24) is 14.9 Å². The molecule has 2 unspecified atom stereocenters. The molecule has 2 heterocycles. The Morgan fingerprint density at radius 3 is 2.63 bits per heavy atom. The van der Waals surface area contributed by atoms with E-state index >= 15 is 0 Å². The molecule has 1 fully saturated rings. The molecule has 2 atom stereocenters. The Hall–Kier alpha value is -3.41. The van der Waals surface area contributed by atoms with Gasteiger partial charge in [0.25, 0.3) is 5.91 Å². The van der Waals surface area contributed by atoms with E-state index in [2.05, 4.69) is 9.97 Å². The van der Waals surface area contributed by atoms with Gasteiger partial charge in [-0.3, -0.25) is 4.79 Å². The molecule has 2 aromatic carbocycles. The highest BCUT2D eigenvalue weighted by atomic mass is 16.5. The van der Waals surface area contributed by atoms with Gasteiger partial charge in [0.15, 0.2) is 0 Å². The molecule has 0 bridgehead atoms. The number of rotatable bonds is 5. The fourth-order valence-corrected chi connectivity index (χ4v) is 3.87. The normalized spacial score (nSPS) is 17.4. The standard InChI is InChI=1S/C24H26N4O2/c1-17(18-6-3-2-4-7-18)30-21-11-9-19(10-12-21)23(29)28-15-5-8-20(16-28)22-13-14-26-24(25)27-22/h2-4,6-7,9-14,17,20H,5,8,15-16H2,1H3,(H2,25,26,27). The number of benzene rings is 2. The van der Waals surface area contributed by atoms with Crippen molar-refractivity contribution in [2.45, 2.75) is 31.8 Å². The summed E-state index contributed by atoms with van der Waals surface area (Å²) < 4.78 is 6.02. The van der Waals surface area contributed by atoms with Crippen LogP contribution in [0.5, 0.6) is 5.75 Å². The first-order valence-corrected chi connectivity index (χ1v) is 10.3. The molecule has 1 aliphatic heterocycles. The van der Waals surface area contributed by atoms with Gasteiger partial charge in [-0.05, 0) is 55.7 Å². The minimum Gasteiger partial charge on any atom is -0.486 e. The maximum absolute atomic E-state index is 13.0. The quantitative estimate of drug-likeness (QED) is 0.691. The van der Waals surface area contributed by atoms with Crippen molar-refractivity contribution in [3.05, 3.63) is 83.7 Å². The van der Waals surface area contributed by atoms with Gasteiger partial charge in [-0.25, -0.2) is 9.97 Å². The van der Waals surface area contributed by atoms with Crippen LogP contribution in [0, 0.1) is 0 Å². The van der Waals surface area contributed by atoms with E-state index < -0.39 is 0 Å². The van der Waals surface area contributed by atoms with Crippen molar-refractivity contribution in [2.24, 2.45) is 0 Å². The molecule has 0 spiro atoms. The average Bonchev–Trinajstić information content (AvgIpc) is 2.80. The van der Waals surface area contributed by atoms with Crippen LogP contribution in [0.15, 0.2) is 66.9 Å². The predicted molar refractivity (Wildman–Crippen MR) is 116 cm³/mol. The Balaban J connectivity index is 1.40. The van der Waals surface area contributed by atoms with E-state index in [4.69, 9.17) is 10.5 Å². The summed E-state index contributed by atoms with van der Waals surface area (Å²) in [5.74, 6) is 1.24. The summed E-state index contributed by atoms with van der Waals surface area (Å²) in [6.07, 6.45) is 3.55. The van der Waals surface area contributed by atoms with Crippen LogP contribution in [-0.2, 0) is 0 Å². The third kappa shape index (κ3) is 4.59. The molecule has 1 amide bonds. The van der Waals surface area contributed by atoms with Gasteiger partial charge in [0, 0.05) is 30.8 Å². The number of nitrogens with zero attached hydrogens (tertiary/aromatic N) is 3. The zero-order valence-electron chi connectivity index (χ0n) is 17.1. The van der Waals surface area contributed by atoms with Crippen LogP contribution < -0.4 is 10.5 Å². The molecule has 2 N–H and O–H groups in total. The number of aromatic nitrogens is 2. The molecule has 1 saturated heterocycles. The average molecular weight is 402 g/mol. The number of hydrogen-bond donors (Lipinski definition) is 1. The fourth-order valence-electron chi connectivity index (χ4n) is 3.87.